The van der Waals surface area contributed by atoms with Gasteiger partial charge in [0.25, 0.3) is 5.91 Å². The quantitative estimate of drug-likeness (QED) is 0.872. The molecule has 1 atom stereocenters. The summed E-state index contributed by atoms with van der Waals surface area (Å²) in [4.78, 5) is 27.5. The first-order valence-corrected chi connectivity index (χ1v) is 9.82. The van der Waals surface area contributed by atoms with Crippen LogP contribution in [0.5, 0.6) is 5.75 Å². The molecule has 1 N–H and O–H groups in total. The van der Waals surface area contributed by atoms with E-state index in [2.05, 4.69) is 5.32 Å². The van der Waals surface area contributed by atoms with E-state index in [0.717, 1.165) is 43.5 Å². The number of carbonyl (C=O) groups excluding carboxylic acids is 2. The molecule has 3 rings (SSSR count). The molecule has 0 saturated carbocycles. The predicted molar refractivity (Wildman–Crippen MR) is 103 cm³/mol. The van der Waals surface area contributed by atoms with Gasteiger partial charge in [-0.05, 0) is 42.0 Å². The van der Waals surface area contributed by atoms with E-state index in [1.807, 2.05) is 40.6 Å². The van der Waals surface area contributed by atoms with Crippen LogP contribution >= 0.6 is 11.3 Å². The number of benzene rings is 1. The number of amides is 2. The third kappa shape index (κ3) is 4.43. The predicted octanol–water partition coefficient (Wildman–Crippen LogP) is 3.63. The van der Waals surface area contributed by atoms with E-state index < -0.39 is 0 Å². The lowest BCUT2D eigenvalue weighted by Crippen LogP contribution is -2.42. The van der Waals surface area contributed by atoms with Gasteiger partial charge in [-0.25, -0.2) is 0 Å². The fourth-order valence-electron chi connectivity index (χ4n) is 3.33. The van der Waals surface area contributed by atoms with Crippen LogP contribution in [-0.4, -0.2) is 36.9 Å². The van der Waals surface area contributed by atoms with E-state index in [0.29, 0.717) is 4.88 Å². The Morgan fingerprint density at radius 3 is 2.69 bits per heavy atom. The third-order valence-corrected chi connectivity index (χ3v) is 5.59. The molecule has 0 aliphatic carbocycles. The van der Waals surface area contributed by atoms with E-state index in [1.165, 1.54) is 11.3 Å². The molecule has 1 unspecified atom stereocenters. The van der Waals surface area contributed by atoms with Crippen molar-refractivity contribution in [3.63, 3.8) is 0 Å². The van der Waals surface area contributed by atoms with Crippen LogP contribution in [0.25, 0.3) is 0 Å². The van der Waals surface area contributed by atoms with Crippen LogP contribution in [0, 0.1) is 0 Å². The number of likely N-dealkylation sites (tertiary alicyclic amines) is 1. The molecule has 1 aromatic heterocycles. The number of nitrogens with zero attached hydrogens (tertiary/aromatic N) is 1. The zero-order valence-electron chi connectivity index (χ0n) is 14.9. The lowest BCUT2D eigenvalue weighted by Gasteiger charge is -2.30. The van der Waals surface area contributed by atoms with E-state index in [4.69, 9.17) is 4.74 Å². The second kappa shape index (κ2) is 8.85. The van der Waals surface area contributed by atoms with Crippen LogP contribution in [-0.2, 0) is 4.79 Å². The average Bonchev–Trinajstić information content (AvgIpc) is 3.11. The third-order valence-electron chi connectivity index (χ3n) is 4.72. The summed E-state index contributed by atoms with van der Waals surface area (Å²) in [5, 5.41) is 4.61. The van der Waals surface area contributed by atoms with Crippen molar-refractivity contribution >= 4 is 23.2 Å². The van der Waals surface area contributed by atoms with Gasteiger partial charge >= 0.3 is 0 Å². The van der Waals surface area contributed by atoms with Gasteiger partial charge in [-0.3, -0.25) is 9.59 Å². The van der Waals surface area contributed by atoms with Crippen molar-refractivity contribution in [2.45, 2.75) is 31.7 Å². The van der Waals surface area contributed by atoms with Crippen molar-refractivity contribution < 1.29 is 14.3 Å². The molecule has 5 nitrogen and oxygen atoms in total. The summed E-state index contributed by atoms with van der Waals surface area (Å²) in [7, 11) is 1.65. The normalized spacial score (nSPS) is 17.4. The van der Waals surface area contributed by atoms with Crippen molar-refractivity contribution in [3.8, 4) is 5.75 Å². The minimum absolute atomic E-state index is 0.0300. The molecular weight excluding hydrogens is 348 g/mol. The molecule has 1 fully saturated rings. The fourth-order valence-corrected chi connectivity index (χ4v) is 3.97. The van der Waals surface area contributed by atoms with Crippen LogP contribution in [0.15, 0.2) is 41.8 Å². The standard InChI is InChI=1S/C20H24N2O3S/c1-25-16-10-8-15(9-11-16)17-6-3-2-4-12-22(17)19(23)14-21-20(24)18-7-5-13-26-18/h5,7-11,13,17H,2-4,6,12,14H2,1H3,(H,21,24). The van der Waals surface area contributed by atoms with Gasteiger partial charge in [-0.2, -0.15) is 0 Å². The summed E-state index contributed by atoms with van der Waals surface area (Å²) in [6.07, 6.45) is 4.16. The smallest absolute Gasteiger partial charge is 0.261 e. The van der Waals surface area contributed by atoms with Crippen molar-refractivity contribution in [2.75, 3.05) is 20.2 Å². The summed E-state index contributed by atoms with van der Waals surface area (Å²) >= 11 is 1.37. The Hall–Kier alpha value is -2.34. The average molecular weight is 372 g/mol. The second-order valence-corrected chi connectivity index (χ2v) is 7.33. The van der Waals surface area contributed by atoms with E-state index in [-0.39, 0.29) is 24.4 Å². The summed E-state index contributed by atoms with van der Waals surface area (Å²) in [5.41, 5.74) is 1.12. The van der Waals surface area contributed by atoms with Gasteiger partial charge in [0.1, 0.15) is 5.75 Å². The lowest BCUT2D eigenvalue weighted by atomic mass is 10.0. The minimum Gasteiger partial charge on any atom is -0.497 e. The molecule has 26 heavy (non-hydrogen) atoms. The Morgan fingerprint density at radius 1 is 1.19 bits per heavy atom. The molecule has 138 valence electrons. The number of carbonyl (C=O) groups is 2. The molecule has 1 aliphatic heterocycles. The summed E-state index contributed by atoms with van der Waals surface area (Å²) in [6, 6.07) is 11.6. The Bertz CT molecular complexity index is 728. The van der Waals surface area contributed by atoms with Crippen LogP contribution in [0.2, 0.25) is 0 Å². The fraction of sp³-hybridized carbons (Fsp3) is 0.400. The summed E-state index contributed by atoms with van der Waals surface area (Å²) in [6.45, 7) is 0.758. The number of hydrogen-bond donors (Lipinski definition) is 1. The number of nitrogens with one attached hydrogen (secondary N) is 1. The molecular formula is C20H24N2O3S. The maximum Gasteiger partial charge on any atom is 0.261 e. The van der Waals surface area contributed by atoms with Crippen molar-refractivity contribution in [2.24, 2.45) is 0 Å². The first-order chi connectivity index (χ1) is 12.7. The highest BCUT2D eigenvalue weighted by Gasteiger charge is 2.27. The molecule has 0 radical (unpaired) electrons. The largest absolute Gasteiger partial charge is 0.497 e. The number of hydrogen-bond acceptors (Lipinski definition) is 4. The lowest BCUT2D eigenvalue weighted by molar-refractivity contribution is -0.132. The zero-order valence-corrected chi connectivity index (χ0v) is 15.8. The Balaban J connectivity index is 1.69. The van der Waals surface area contributed by atoms with Gasteiger partial charge in [0, 0.05) is 6.54 Å². The van der Waals surface area contributed by atoms with Crippen LogP contribution < -0.4 is 10.1 Å². The summed E-state index contributed by atoms with van der Waals surface area (Å²) in [5.74, 6) is 0.588. The Kier molecular flexibility index (Phi) is 6.28. The Morgan fingerprint density at radius 2 is 2.00 bits per heavy atom. The molecule has 2 amide bonds. The van der Waals surface area contributed by atoms with E-state index in [1.54, 1.807) is 13.2 Å². The van der Waals surface area contributed by atoms with E-state index >= 15 is 0 Å². The van der Waals surface area contributed by atoms with Crippen LogP contribution in [0.3, 0.4) is 0 Å². The minimum atomic E-state index is -0.191. The molecule has 1 aliphatic rings. The highest BCUT2D eigenvalue weighted by Crippen LogP contribution is 2.31. The SMILES string of the molecule is COc1ccc(C2CCCCCN2C(=O)CNC(=O)c2cccs2)cc1. The monoisotopic (exact) mass is 372 g/mol. The van der Waals surface area contributed by atoms with E-state index in [9.17, 15) is 9.59 Å². The van der Waals surface area contributed by atoms with Crippen molar-refractivity contribution in [1.82, 2.24) is 10.2 Å². The maximum atomic E-state index is 12.8. The number of methoxy groups -OCH3 is 1. The maximum absolute atomic E-state index is 12.8. The molecule has 6 heteroatoms. The first-order valence-electron chi connectivity index (χ1n) is 8.94. The number of thiophene rings is 1. The topological polar surface area (TPSA) is 58.6 Å². The highest BCUT2D eigenvalue weighted by atomic mass is 32.1. The highest BCUT2D eigenvalue weighted by molar-refractivity contribution is 7.12. The van der Waals surface area contributed by atoms with Gasteiger partial charge < -0.3 is 15.0 Å². The van der Waals surface area contributed by atoms with Crippen LogP contribution in [0.1, 0.15) is 47.0 Å². The molecule has 1 aromatic carbocycles. The van der Waals surface area contributed by atoms with Crippen molar-refractivity contribution in [3.05, 3.63) is 52.2 Å². The zero-order chi connectivity index (χ0) is 18.4. The summed E-state index contributed by atoms with van der Waals surface area (Å²) < 4.78 is 5.23. The first kappa shape index (κ1) is 18.5. The van der Waals surface area contributed by atoms with Crippen LogP contribution in [0.4, 0.5) is 0 Å². The van der Waals surface area contributed by atoms with Gasteiger partial charge in [0.05, 0.1) is 24.6 Å². The molecule has 0 bridgehead atoms. The second-order valence-electron chi connectivity index (χ2n) is 6.39. The van der Waals surface area contributed by atoms with Gasteiger partial charge in [-0.1, -0.05) is 31.0 Å². The molecule has 2 heterocycles. The van der Waals surface area contributed by atoms with Gasteiger partial charge in [0.15, 0.2) is 0 Å². The molecule has 0 spiro atoms. The molecule has 2 aromatic rings. The number of ether oxygens (including phenoxy) is 1. The van der Waals surface area contributed by atoms with Crippen molar-refractivity contribution in [1.29, 1.82) is 0 Å². The van der Waals surface area contributed by atoms with Gasteiger partial charge in [0.2, 0.25) is 5.91 Å². The van der Waals surface area contributed by atoms with Gasteiger partial charge in [-0.15, -0.1) is 11.3 Å². The molecule has 1 saturated heterocycles. The Labute approximate surface area is 158 Å². The number of rotatable bonds is 5.